The minimum Gasteiger partial charge on any atom is -0.0999 e. The first-order valence-electron chi connectivity index (χ1n) is 5.33. The highest BCUT2D eigenvalue weighted by atomic mass is 14.0. The molecule has 0 aromatic carbocycles. The molecule has 72 valence electrons. The smallest absolute Gasteiger partial charge is 0.0323 e. The molecule has 0 heteroatoms. The summed E-state index contributed by atoms with van der Waals surface area (Å²) in [6, 6.07) is 0. The number of rotatable bonds is 7. The highest BCUT2D eigenvalue weighted by Gasteiger charge is 1.96. The average Bonchev–Trinajstić information content (AvgIpc) is 2.00. The largest absolute Gasteiger partial charge is 0.0999 e. The van der Waals surface area contributed by atoms with Crippen molar-refractivity contribution in [1.82, 2.24) is 0 Å². The van der Waals surface area contributed by atoms with Crippen LogP contribution in [0.25, 0.3) is 0 Å². The van der Waals surface area contributed by atoms with Crippen molar-refractivity contribution in [1.29, 1.82) is 0 Å². The van der Waals surface area contributed by atoms with Gasteiger partial charge in [-0.15, -0.1) is 0 Å². The molecule has 0 rings (SSSR count). The topological polar surface area (TPSA) is 0 Å². The Morgan fingerprint density at radius 1 is 1.17 bits per heavy atom. The summed E-state index contributed by atoms with van der Waals surface area (Å²) in [5.74, 6) is 0.851. The van der Waals surface area contributed by atoms with Gasteiger partial charge in [-0.25, -0.2) is 0 Å². The lowest BCUT2D eigenvalue weighted by atomic mass is 10.0. The third kappa shape index (κ3) is 7.84. The zero-order valence-electron chi connectivity index (χ0n) is 9.03. The standard InChI is InChI=1S/C12H24/c1-5-6-9-12(4)10-7-8-11(2)3/h11H,4-10H2,1-3H3. The van der Waals surface area contributed by atoms with E-state index in [0.717, 1.165) is 5.92 Å². The average molecular weight is 168 g/mol. The van der Waals surface area contributed by atoms with Crippen molar-refractivity contribution < 1.29 is 0 Å². The van der Waals surface area contributed by atoms with Crippen LogP contribution in [0.5, 0.6) is 0 Å². The van der Waals surface area contributed by atoms with Gasteiger partial charge in [-0.05, 0) is 31.6 Å². The molecule has 0 saturated heterocycles. The molecular formula is C12H24. The Bertz CT molecular complexity index is 111. The van der Waals surface area contributed by atoms with Crippen molar-refractivity contribution in [2.45, 2.75) is 59.3 Å². The first-order chi connectivity index (χ1) is 5.66. The molecule has 0 aliphatic rings. The number of hydrogen-bond acceptors (Lipinski definition) is 0. The van der Waals surface area contributed by atoms with E-state index in [-0.39, 0.29) is 0 Å². The van der Waals surface area contributed by atoms with Crippen LogP contribution in [0.1, 0.15) is 59.3 Å². The molecule has 0 radical (unpaired) electrons. The molecule has 0 aliphatic carbocycles. The number of allylic oxidation sites excluding steroid dienone is 1. The lowest BCUT2D eigenvalue weighted by Crippen LogP contribution is -1.89. The van der Waals surface area contributed by atoms with Crippen LogP contribution in [-0.4, -0.2) is 0 Å². The third-order valence-electron chi connectivity index (χ3n) is 2.20. The van der Waals surface area contributed by atoms with E-state index in [9.17, 15) is 0 Å². The summed E-state index contributed by atoms with van der Waals surface area (Å²) in [6.45, 7) is 10.9. The van der Waals surface area contributed by atoms with Crippen molar-refractivity contribution in [3.8, 4) is 0 Å². The van der Waals surface area contributed by atoms with Gasteiger partial charge in [-0.1, -0.05) is 45.8 Å². The minimum atomic E-state index is 0.851. The van der Waals surface area contributed by atoms with Crippen LogP contribution in [0.3, 0.4) is 0 Å². The van der Waals surface area contributed by atoms with E-state index in [1.807, 2.05) is 0 Å². The van der Waals surface area contributed by atoms with Gasteiger partial charge in [0.1, 0.15) is 0 Å². The molecule has 0 spiro atoms. The van der Waals surface area contributed by atoms with E-state index >= 15 is 0 Å². The Morgan fingerprint density at radius 2 is 1.75 bits per heavy atom. The van der Waals surface area contributed by atoms with Crippen molar-refractivity contribution in [3.63, 3.8) is 0 Å². The van der Waals surface area contributed by atoms with Gasteiger partial charge in [0.05, 0.1) is 0 Å². The summed E-state index contributed by atoms with van der Waals surface area (Å²) in [5, 5.41) is 0. The summed E-state index contributed by atoms with van der Waals surface area (Å²) in [6.07, 6.45) is 7.79. The number of hydrogen-bond donors (Lipinski definition) is 0. The van der Waals surface area contributed by atoms with Crippen LogP contribution in [0.4, 0.5) is 0 Å². The van der Waals surface area contributed by atoms with Gasteiger partial charge in [0.25, 0.3) is 0 Å². The molecule has 0 N–H and O–H groups in total. The van der Waals surface area contributed by atoms with Crippen LogP contribution in [0.15, 0.2) is 12.2 Å². The second-order valence-corrected chi connectivity index (χ2v) is 4.14. The van der Waals surface area contributed by atoms with Crippen LogP contribution in [-0.2, 0) is 0 Å². The normalized spacial score (nSPS) is 10.7. The van der Waals surface area contributed by atoms with Crippen molar-refractivity contribution in [2.24, 2.45) is 5.92 Å². The third-order valence-corrected chi connectivity index (χ3v) is 2.20. The van der Waals surface area contributed by atoms with Crippen molar-refractivity contribution in [2.75, 3.05) is 0 Å². The quantitative estimate of drug-likeness (QED) is 0.489. The van der Waals surface area contributed by atoms with Gasteiger partial charge >= 0.3 is 0 Å². The molecule has 0 unspecified atom stereocenters. The number of unbranched alkanes of at least 4 members (excludes halogenated alkanes) is 1. The van der Waals surface area contributed by atoms with Gasteiger partial charge in [0.2, 0.25) is 0 Å². The maximum Gasteiger partial charge on any atom is -0.0323 e. The predicted molar refractivity (Wildman–Crippen MR) is 57.4 cm³/mol. The summed E-state index contributed by atoms with van der Waals surface area (Å²) >= 11 is 0. The first kappa shape index (κ1) is 11.7. The monoisotopic (exact) mass is 168 g/mol. The van der Waals surface area contributed by atoms with Crippen LogP contribution in [0, 0.1) is 5.92 Å². The van der Waals surface area contributed by atoms with Gasteiger partial charge in [-0.3, -0.25) is 0 Å². The van der Waals surface area contributed by atoms with E-state index in [0.29, 0.717) is 0 Å². The van der Waals surface area contributed by atoms with Gasteiger partial charge in [0.15, 0.2) is 0 Å². The molecule has 0 bridgehead atoms. The highest BCUT2D eigenvalue weighted by molar-refractivity contribution is 4.93. The fourth-order valence-corrected chi connectivity index (χ4v) is 1.31. The maximum absolute atomic E-state index is 4.09. The molecule has 0 saturated carbocycles. The van der Waals surface area contributed by atoms with Crippen LogP contribution >= 0.6 is 0 Å². The highest BCUT2D eigenvalue weighted by Crippen LogP contribution is 2.15. The predicted octanol–water partition coefficient (Wildman–Crippen LogP) is 4.56. The molecule has 0 heterocycles. The molecular weight excluding hydrogens is 144 g/mol. The molecule has 0 amide bonds. The maximum atomic E-state index is 4.09. The lowest BCUT2D eigenvalue weighted by molar-refractivity contribution is 0.549. The SMILES string of the molecule is C=C(CCCC)CCCC(C)C. The van der Waals surface area contributed by atoms with Crippen LogP contribution in [0.2, 0.25) is 0 Å². The van der Waals surface area contributed by atoms with Gasteiger partial charge in [-0.2, -0.15) is 0 Å². The second kappa shape index (κ2) is 7.39. The lowest BCUT2D eigenvalue weighted by Gasteiger charge is -2.06. The van der Waals surface area contributed by atoms with Gasteiger partial charge in [0, 0.05) is 0 Å². The Hall–Kier alpha value is -0.260. The molecule has 0 aromatic heterocycles. The molecule has 0 nitrogen and oxygen atoms in total. The van der Waals surface area contributed by atoms with Crippen LogP contribution < -0.4 is 0 Å². The first-order valence-corrected chi connectivity index (χ1v) is 5.33. The Kier molecular flexibility index (Phi) is 7.23. The minimum absolute atomic E-state index is 0.851. The molecule has 0 aliphatic heterocycles. The van der Waals surface area contributed by atoms with E-state index < -0.39 is 0 Å². The molecule has 0 aromatic rings. The van der Waals surface area contributed by atoms with E-state index in [1.165, 1.54) is 44.1 Å². The van der Waals surface area contributed by atoms with E-state index in [4.69, 9.17) is 0 Å². The Balaban J connectivity index is 3.20. The Morgan fingerprint density at radius 3 is 2.25 bits per heavy atom. The molecule has 0 fully saturated rings. The fourth-order valence-electron chi connectivity index (χ4n) is 1.31. The summed E-state index contributed by atoms with van der Waals surface area (Å²) in [7, 11) is 0. The summed E-state index contributed by atoms with van der Waals surface area (Å²) < 4.78 is 0. The second-order valence-electron chi connectivity index (χ2n) is 4.14. The molecule has 0 atom stereocenters. The summed E-state index contributed by atoms with van der Waals surface area (Å²) in [5.41, 5.74) is 1.46. The zero-order valence-corrected chi connectivity index (χ0v) is 9.03. The van der Waals surface area contributed by atoms with Crippen molar-refractivity contribution >= 4 is 0 Å². The molecule has 12 heavy (non-hydrogen) atoms. The zero-order chi connectivity index (χ0) is 9.40. The van der Waals surface area contributed by atoms with Gasteiger partial charge < -0.3 is 0 Å². The van der Waals surface area contributed by atoms with E-state index in [1.54, 1.807) is 0 Å². The fraction of sp³-hybridized carbons (Fsp3) is 0.833. The summed E-state index contributed by atoms with van der Waals surface area (Å²) in [4.78, 5) is 0. The van der Waals surface area contributed by atoms with E-state index in [2.05, 4.69) is 27.4 Å². The van der Waals surface area contributed by atoms with Crippen molar-refractivity contribution in [3.05, 3.63) is 12.2 Å². The Labute approximate surface area is 78.1 Å².